The molecule has 0 bridgehead atoms. The molecule has 1 N–H and O–H groups in total. The van der Waals surface area contributed by atoms with Gasteiger partial charge in [0, 0.05) is 43.4 Å². The van der Waals surface area contributed by atoms with Gasteiger partial charge < -0.3 is 4.90 Å². The number of nitrogens with zero attached hydrogens (tertiary/aromatic N) is 2. The van der Waals surface area contributed by atoms with Gasteiger partial charge in [0.05, 0.1) is 0 Å². The van der Waals surface area contributed by atoms with Gasteiger partial charge in [-0.25, -0.2) is 0 Å². The van der Waals surface area contributed by atoms with E-state index in [1.165, 1.54) is 37.1 Å². The third-order valence-corrected chi connectivity index (χ3v) is 5.44. The molecule has 4 rings (SSSR count). The first-order valence-corrected chi connectivity index (χ1v) is 8.81. The van der Waals surface area contributed by atoms with E-state index in [1.54, 1.807) is 0 Å². The molecule has 0 unspecified atom stereocenters. The lowest BCUT2D eigenvalue weighted by molar-refractivity contribution is 0.261. The van der Waals surface area contributed by atoms with Crippen LogP contribution in [0.5, 0.6) is 0 Å². The Bertz CT molecular complexity index is 632. The zero-order valence-corrected chi connectivity index (χ0v) is 13.6. The first kappa shape index (κ1) is 14.7. The first-order valence-electron chi connectivity index (χ1n) is 8.81. The zero-order valence-electron chi connectivity index (χ0n) is 13.6. The number of benzene rings is 1. The van der Waals surface area contributed by atoms with Gasteiger partial charge in [-0.3, -0.25) is 5.10 Å². The van der Waals surface area contributed by atoms with Crippen LogP contribution in [0.1, 0.15) is 42.4 Å². The number of hydrogen-bond donors (Lipinski definition) is 1. The molecular weight excluding hydrogens is 282 g/mol. The van der Waals surface area contributed by atoms with Crippen LogP contribution in [0.4, 0.5) is 0 Å². The molecule has 1 aliphatic heterocycles. The fraction of sp³-hybridized carbons (Fsp3) is 0.450. The third-order valence-electron chi connectivity index (χ3n) is 5.44. The summed E-state index contributed by atoms with van der Waals surface area (Å²) in [5.41, 5.74) is 2.74. The van der Waals surface area contributed by atoms with Gasteiger partial charge >= 0.3 is 0 Å². The Morgan fingerprint density at radius 1 is 1.04 bits per heavy atom. The van der Waals surface area contributed by atoms with Gasteiger partial charge in [-0.1, -0.05) is 42.5 Å². The average Bonchev–Trinajstić information content (AvgIpc) is 3.26. The van der Waals surface area contributed by atoms with Crippen LogP contribution in [-0.4, -0.2) is 34.7 Å². The zero-order chi connectivity index (χ0) is 15.5. The minimum absolute atomic E-state index is 0.527. The number of likely N-dealkylation sites (tertiary alicyclic amines) is 1. The van der Waals surface area contributed by atoms with Crippen molar-refractivity contribution in [3.63, 3.8) is 0 Å². The van der Waals surface area contributed by atoms with Crippen LogP contribution in [0.15, 0.2) is 54.7 Å². The second-order valence-corrected chi connectivity index (χ2v) is 7.00. The number of hydrogen-bond acceptors (Lipinski definition) is 2. The monoisotopic (exact) mass is 307 g/mol. The summed E-state index contributed by atoms with van der Waals surface area (Å²) in [5, 5.41) is 7.40. The van der Waals surface area contributed by atoms with Gasteiger partial charge in [0.1, 0.15) is 0 Å². The molecule has 120 valence electrons. The van der Waals surface area contributed by atoms with Crippen molar-refractivity contribution in [2.75, 3.05) is 19.6 Å². The maximum atomic E-state index is 4.18. The molecule has 23 heavy (non-hydrogen) atoms. The minimum atomic E-state index is 0.527. The van der Waals surface area contributed by atoms with Crippen LogP contribution >= 0.6 is 0 Å². The average molecular weight is 307 g/mol. The highest BCUT2D eigenvalue weighted by Gasteiger charge is 2.36. The van der Waals surface area contributed by atoms with Crippen LogP contribution < -0.4 is 0 Å². The number of allylic oxidation sites excluding steroid dienone is 2. The molecule has 3 atom stereocenters. The predicted octanol–water partition coefficient (Wildman–Crippen LogP) is 3.95. The molecule has 1 fully saturated rings. The lowest BCUT2D eigenvalue weighted by atomic mass is 9.87. The number of nitrogens with one attached hydrogen (secondary N) is 1. The molecule has 2 heterocycles. The summed E-state index contributed by atoms with van der Waals surface area (Å²) in [5.74, 6) is 1.92. The van der Waals surface area contributed by atoms with E-state index in [2.05, 4.69) is 63.6 Å². The maximum Gasteiger partial charge on any atom is 0.0490 e. The molecule has 0 radical (unpaired) electrons. The van der Waals surface area contributed by atoms with E-state index in [4.69, 9.17) is 0 Å². The molecule has 1 aromatic carbocycles. The molecule has 0 saturated carbocycles. The topological polar surface area (TPSA) is 31.9 Å². The van der Waals surface area contributed by atoms with Crippen LogP contribution in [0.25, 0.3) is 0 Å². The number of aromatic amines is 1. The normalized spacial score (nSPS) is 28.3. The van der Waals surface area contributed by atoms with Crippen molar-refractivity contribution in [1.82, 2.24) is 15.1 Å². The van der Waals surface area contributed by atoms with Gasteiger partial charge in [-0.2, -0.15) is 5.10 Å². The highest BCUT2D eigenvalue weighted by atomic mass is 15.2. The van der Waals surface area contributed by atoms with Crippen molar-refractivity contribution in [2.45, 2.75) is 31.1 Å². The van der Waals surface area contributed by atoms with E-state index >= 15 is 0 Å². The molecule has 3 nitrogen and oxygen atoms in total. The number of aromatic nitrogens is 2. The predicted molar refractivity (Wildman–Crippen MR) is 93.4 cm³/mol. The highest BCUT2D eigenvalue weighted by Crippen LogP contribution is 2.39. The third kappa shape index (κ3) is 3.25. The van der Waals surface area contributed by atoms with Gasteiger partial charge in [0.15, 0.2) is 0 Å². The van der Waals surface area contributed by atoms with E-state index < -0.39 is 0 Å². The fourth-order valence-electron chi connectivity index (χ4n) is 4.25. The maximum absolute atomic E-state index is 4.18. The second kappa shape index (κ2) is 6.71. The van der Waals surface area contributed by atoms with Crippen LogP contribution in [0, 0.1) is 5.92 Å². The van der Waals surface area contributed by atoms with Crippen molar-refractivity contribution in [1.29, 1.82) is 0 Å². The number of H-pyrrole nitrogens is 1. The second-order valence-electron chi connectivity index (χ2n) is 7.00. The van der Waals surface area contributed by atoms with Gasteiger partial charge in [-0.15, -0.1) is 0 Å². The van der Waals surface area contributed by atoms with E-state index in [1.807, 2.05) is 6.20 Å². The Hall–Kier alpha value is -1.87. The summed E-state index contributed by atoms with van der Waals surface area (Å²) in [6.07, 6.45) is 10.4. The van der Waals surface area contributed by atoms with Crippen molar-refractivity contribution in [2.24, 2.45) is 5.92 Å². The van der Waals surface area contributed by atoms with Gasteiger partial charge in [0.25, 0.3) is 0 Å². The van der Waals surface area contributed by atoms with Crippen molar-refractivity contribution in [3.8, 4) is 0 Å². The summed E-state index contributed by atoms with van der Waals surface area (Å²) < 4.78 is 0. The number of rotatable bonds is 4. The van der Waals surface area contributed by atoms with Crippen LogP contribution in [0.2, 0.25) is 0 Å². The van der Waals surface area contributed by atoms with Crippen LogP contribution in [-0.2, 0) is 0 Å². The summed E-state index contributed by atoms with van der Waals surface area (Å²) in [6.45, 7) is 3.54. The van der Waals surface area contributed by atoms with Gasteiger partial charge in [-0.05, 0) is 36.8 Å². The molecule has 3 heteroatoms. The smallest absolute Gasteiger partial charge is 0.0490 e. The molecule has 0 spiro atoms. The summed E-state index contributed by atoms with van der Waals surface area (Å²) in [7, 11) is 0. The van der Waals surface area contributed by atoms with E-state index in [-0.39, 0.29) is 0 Å². The van der Waals surface area contributed by atoms with E-state index in [9.17, 15) is 0 Å². The molecule has 2 aliphatic rings. The van der Waals surface area contributed by atoms with Crippen molar-refractivity contribution < 1.29 is 0 Å². The van der Waals surface area contributed by atoms with Crippen molar-refractivity contribution >= 4 is 0 Å². The highest BCUT2D eigenvalue weighted by molar-refractivity contribution is 5.27. The Morgan fingerprint density at radius 2 is 1.91 bits per heavy atom. The Labute approximate surface area is 138 Å². The molecule has 1 aromatic heterocycles. The standard InChI is InChI=1S/C20H25N3/c1-3-7-16(8-4-1)13-23-14-18(17-9-5-2-6-10-17)19(15-23)20-11-12-21-22-20/h1-3,5-6,9-12,16,18-19H,4,7-8,13-15H2,(H,21,22)/t16-,18+,19-/m1/s1. The van der Waals surface area contributed by atoms with Crippen molar-refractivity contribution in [3.05, 3.63) is 66.0 Å². The summed E-state index contributed by atoms with van der Waals surface area (Å²) in [6, 6.07) is 13.1. The molecule has 2 aromatic rings. The van der Waals surface area contributed by atoms with E-state index in [0.717, 1.165) is 19.0 Å². The van der Waals surface area contributed by atoms with E-state index in [0.29, 0.717) is 11.8 Å². The lowest BCUT2D eigenvalue weighted by Crippen LogP contribution is -2.28. The largest absolute Gasteiger partial charge is 0.302 e. The summed E-state index contributed by atoms with van der Waals surface area (Å²) in [4.78, 5) is 2.67. The molecule has 0 amide bonds. The van der Waals surface area contributed by atoms with Gasteiger partial charge in [0.2, 0.25) is 0 Å². The SMILES string of the molecule is C1=CC[C@@H](CN2C[C@@H](c3ccccc3)[C@H](c3ccn[nH]3)C2)CC1. The first-order chi connectivity index (χ1) is 11.4. The lowest BCUT2D eigenvalue weighted by Gasteiger charge is -2.24. The minimum Gasteiger partial charge on any atom is -0.302 e. The molecule has 1 aliphatic carbocycles. The molecule has 1 saturated heterocycles. The Kier molecular flexibility index (Phi) is 4.29. The summed E-state index contributed by atoms with van der Waals surface area (Å²) >= 11 is 0. The quantitative estimate of drug-likeness (QED) is 0.867. The van der Waals surface area contributed by atoms with Crippen LogP contribution in [0.3, 0.4) is 0 Å². The Morgan fingerprint density at radius 3 is 2.65 bits per heavy atom. The fourth-order valence-corrected chi connectivity index (χ4v) is 4.25. The molecular formula is C20H25N3. The Balaban J connectivity index is 1.52.